The van der Waals surface area contributed by atoms with Crippen molar-refractivity contribution in [3.05, 3.63) is 48.5 Å². The van der Waals surface area contributed by atoms with Crippen LogP contribution in [-0.2, 0) is 0 Å². The molecule has 5 heteroatoms. The molecule has 2 aromatic rings. The summed E-state index contributed by atoms with van der Waals surface area (Å²) in [6, 6.07) is 14.6. The van der Waals surface area contributed by atoms with Gasteiger partial charge < -0.3 is 19.4 Å². The Morgan fingerprint density at radius 1 is 1.00 bits per heavy atom. The van der Waals surface area contributed by atoms with Crippen molar-refractivity contribution in [3.8, 4) is 22.6 Å². The highest BCUT2D eigenvalue weighted by Gasteiger charge is 2.14. The van der Waals surface area contributed by atoms with E-state index < -0.39 is 7.32 Å². The van der Waals surface area contributed by atoms with Gasteiger partial charge in [-0.05, 0) is 23.8 Å². The highest BCUT2D eigenvalue weighted by Crippen LogP contribution is 2.31. The Labute approximate surface area is 106 Å². The van der Waals surface area contributed by atoms with Crippen LogP contribution in [0.1, 0.15) is 0 Å². The van der Waals surface area contributed by atoms with Crippen LogP contribution in [0.25, 0.3) is 11.1 Å². The van der Waals surface area contributed by atoms with E-state index in [4.69, 9.17) is 19.4 Å². The van der Waals surface area contributed by atoms with Gasteiger partial charge in [-0.3, -0.25) is 0 Å². The topological polar surface area (TPSA) is 58.9 Å². The Bertz CT molecular complexity index is 528. The summed E-state index contributed by atoms with van der Waals surface area (Å²) >= 11 is 0. The van der Waals surface area contributed by atoms with Crippen molar-refractivity contribution in [2.45, 2.75) is 0 Å². The molecule has 0 aliphatic heterocycles. The predicted molar refractivity (Wildman–Crippen MR) is 69.2 cm³/mol. The monoisotopic (exact) mass is 244 g/mol. The first-order valence-corrected chi connectivity index (χ1v) is 5.47. The predicted octanol–water partition coefficient (Wildman–Crippen LogP) is 1.71. The van der Waals surface area contributed by atoms with Gasteiger partial charge in [-0.2, -0.15) is 0 Å². The molecule has 18 heavy (non-hydrogen) atoms. The molecule has 0 saturated carbocycles. The number of benzene rings is 2. The van der Waals surface area contributed by atoms with Crippen LogP contribution < -0.4 is 9.39 Å². The highest BCUT2D eigenvalue weighted by atomic mass is 16.6. The van der Waals surface area contributed by atoms with Crippen LogP contribution in [0.2, 0.25) is 0 Å². The quantitative estimate of drug-likeness (QED) is 0.804. The zero-order valence-corrected chi connectivity index (χ0v) is 9.91. The summed E-state index contributed by atoms with van der Waals surface area (Å²) in [4.78, 5) is 0. The normalized spacial score (nSPS) is 9.94. The number of hydrogen-bond acceptors (Lipinski definition) is 4. The zero-order chi connectivity index (χ0) is 13.0. The molecule has 0 aromatic heterocycles. The second-order valence-electron chi connectivity index (χ2n) is 3.67. The van der Waals surface area contributed by atoms with Gasteiger partial charge in [0.15, 0.2) is 0 Å². The molecule has 2 rings (SSSR count). The van der Waals surface area contributed by atoms with Gasteiger partial charge in [-0.15, -0.1) is 0 Å². The zero-order valence-electron chi connectivity index (χ0n) is 9.91. The van der Waals surface area contributed by atoms with Crippen molar-refractivity contribution in [2.75, 3.05) is 7.11 Å². The van der Waals surface area contributed by atoms with Gasteiger partial charge in [0.1, 0.15) is 11.5 Å². The van der Waals surface area contributed by atoms with Crippen LogP contribution in [-0.4, -0.2) is 24.5 Å². The number of ether oxygens (including phenoxy) is 1. The molecular weight excluding hydrogens is 231 g/mol. The molecule has 0 fully saturated rings. The molecule has 0 radical (unpaired) electrons. The maximum Gasteiger partial charge on any atom is 0.707 e. The van der Waals surface area contributed by atoms with Crippen molar-refractivity contribution >= 4 is 7.32 Å². The molecule has 4 nitrogen and oxygen atoms in total. The van der Waals surface area contributed by atoms with Crippen molar-refractivity contribution in [2.24, 2.45) is 0 Å². The SMILES string of the molecule is COc1cccc(-c2ccccc2OB(O)O)c1. The Hall–Kier alpha value is -1.98. The van der Waals surface area contributed by atoms with Gasteiger partial charge >= 0.3 is 7.32 Å². The van der Waals surface area contributed by atoms with Crippen molar-refractivity contribution < 1.29 is 19.4 Å². The van der Waals surface area contributed by atoms with Gasteiger partial charge in [0.2, 0.25) is 0 Å². The fraction of sp³-hybridized carbons (Fsp3) is 0.0769. The van der Waals surface area contributed by atoms with E-state index >= 15 is 0 Å². The van der Waals surface area contributed by atoms with Gasteiger partial charge in [0, 0.05) is 5.56 Å². The molecule has 0 aliphatic rings. The molecular formula is C13H13BO4. The molecule has 2 N–H and O–H groups in total. The Balaban J connectivity index is 2.42. The van der Waals surface area contributed by atoms with Crippen LogP contribution >= 0.6 is 0 Å². The molecule has 92 valence electrons. The van der Waals surface area contributed by atoms with E-state index in [2.05, 4.69) is 0 Å². The molecule has 0 atom stereocenters. The van der Waals surface area contributed by atoms with Crippen LogP contribution in [0.15, 0.2) is 48.5 Å². The minimum Gasteiger partial charge on any atom is -0.512 e. The number of rotatable bonds is 4. The number of para-hydroxylation sites is 1. The van der Waals surface area contributed by atoms with Crippen LogP contribution in [0.5, 0.6) is 11.5 Å². The van der Waals surface area contributed by atoms with Gasteiger partial charge in [0.05, 0.1) is 7.11 Å². The first-order chi connectivity index (χ1) is 8.70. The van der Waals surface area contributed by atoms with E-state index in [1.807, 2.05) is 36.4 Å². The lowest BCUT2D eigenvalue weighted by molar-refractivity contribution is 0.288. The second-order valence-corrected chi connectivity index (χ2v) is 3.67. The Morgan fingerprint density at radius 3 is 2.50 bits per heavy atom. The summed E-state index contributed by atoms with van der Waals surface area (Å²) in [6.45, 7) is 0. The van der Waals surface area contributed by atoms with E-state index in [0.717, 1.165) is 16.9 Å². The summed E-state index contributed by atoms with van der Waals surface area (Å²) in [7, 11) is -0.240. The van der Waals surface area contributed by atoms with E-state index in [0.29, 0.717) is 5.75 Å². The molecule has 0 heterocycles. The molecule has 0 spiro atoms. The molecule has 0 aliphatic carbocycles. The standard InChI is InChI=1S/C13H13BO4/c1-17-11-6-4-5-10(9-11)12-7-2-3-8-13(12)18-14(15)16/h2-9,15-16H,1H3. The molecule has 0 unspecified atom stereocenters. The molecule has 0 amide bonds. The Kier molecular flexibility index (Phi) is 3.87. The third-order valence-corrected chi connectivity index (χ3v) is 2.50. The van der Waals surface area contributed by atoms with E-state index in [1.165, 1.54) is 0 Å². The average Bonchev–Trinajstić information content (AvgIpc) is 2.39. The lowest BCUT2D eigenvalue weighted by Gasteiger charge is -2.11. The van der Waals surface area contributed by atoms with Gasteiger partial charge in [0.25, 0.3) is 0 Å². The molecule has 0 saturated heterocycles. The third kappa shape index (κ3) is 2.82. The van der Waals surface area contributed by atoms with Crippen molar-refractivity contribution in [1.29, 1.82) is 0 Å². The number of methoxy groups -OCH3 is 1. The first-order valence-electron chi connectivity index (χ1n) is 5.47. The largest absolute Gasteiger partial charge is 0.707 e. The summed E-state index contributed by atoms with van der Waals surface area (Å²) in [5.41, 5.74) is 1.65. The van der Waals surface area contributed by atoms with Crippen LogP contribution in [0.4, 0.5) is 0 Å². The minimum absolute atomic E-state index is 0.403. The lowest BCUT2D eigenvalue weighted by Crippen LogP contribution is -2.20. The summed E-state index contributed by atoms with van der Waals surface area (Å²) in [5.74, 6) is 1.13. The maximum absolute atomic E-state index is 8.89. The van der Waals surface area contributed by atoms with Crippen molar-refractivity contribution in [1.82, 2.24) is 0 Å². The van der Waals surface area contributed by atoms with E-state index in [1.54, 1.807) is 19.2 Å². The summed E-state index contributed by atoms with van der Waals surface area (Å²) < 4.78 is 10.1. The average molecular weight is 244 g/mol. The maximum atomic E-state index is 8.89. The lowest BCUT2D eigenvalue weighted by atomic mass is 10.0. The van der Waals surface area contributed by atoms with E-state index in [9.17, 15) is 0 Å². The third-order valence-electron chi connectivity index (χ3n) is 2.50. The minimum atomic E-state index is -1.84. The summed E-state index contributed by atoms with van der Waals surface area (Å²) in [5, 5.41) is 17.8. The smallest absolute Gasteiger partial charge is 0.512 e. The molecule has 0 bridgehead atoms. The summed E-state index contributed by atoms with van der Waals surface area (Å²) in [6.07, 6.45) is 0. The molecule has 2 aromatic carbocycles. The second kappa shape index (κ2) is 5.57. The van der Waals surface area contributed by atoms with Gasteiger partial charge in [-0.1, -0.05) is 30.3 Å². The Morgan fingerprint density at radius 2 is 1.78 bits per heavy atom. The fourth-order valence-corrected chi connectivity index (χ4v) is 1.71. The highest BCUT2D eigenvalue weighted by molar-refractivity contribution is 6.34. The van der Waals surface area contributed by atoms with Crippen LogP contribution in [0.3, 0.4) is 0 Å². The van der Waals surface area contributed by atoms with Crippen LogP contribution in [0, 0.1) is 0 Å². The van der Waals surface area contributed by atoms with Crippen molar-refractivity contribution in [3.63, 3.8) is 0 Å². The first kappa shape index (κ1) is 12.5. The van der Waals surface area contributed by atoms with E-state index in [-0.39, 0.29) is 0 Å². The fourth-order valence-electron chi connectivity index (χ4n) is 1.71. The van der Waals surface area contributed by atoms with Gasteiger partial charge in [-0.25, -0.2) is 0 Å². The number of hydrogen-bond donors (Lipinski definition) is 2.